The molecule has 0 atom stereocenters. The van der Waals surface area contributed by atoms with Crippen LogP contribution in [0.15, 0.2) is 4.99 Å². The SMILES string of the molecule is CC(C)CN(/C(N)=N/C(=N)N)C(C)C. The highest BCUT2D eigenvalue weighted by atomic mass is 15.3. The van der Waals surface area contributed by atoms with Crippen molar-refractivity contribution >= 4 is 11.9 Å². The Labute approximate surface area is 85.7 Å². The van der Waals surface area contributed by atoms with Gasteiger partial charge in [0.15, 0.2) is 5.96 Å². The molecule has 0 aromatic heterocycles. The molecule has 0 saturated heterocycles. The zero-order valence-corrected chi connectivity index (χ0v) is 9.41. The number of nitrogens with one attached hydrogen (secondary N) is 1. The van der Waals surface area contributed by atoms with Crippen molar-refractivity contribution in [3.63, 3.8) is 0 Å². The molecule has 0 aromatic carbocycles. The Bertz CT molecular complexity index is 219. The first kappa shape index (κ1) is 12.7. The van der Waals surface area contributed by atoms with Crippen LogP contribution in [0, 0.1) is 11.3 Å². The van der Waals surface area contributed by atoms with Crippen LogP contribution in [-0.4, -0.2) is 29.4 Å². The van der Waals surface area contributed by atoms with Crippen molar-refractivity contribution in [3.05, 3.63) is 0 Å². The lowest BCUT2D eigenvalue weighted by molar-refractivity contribution is 0.308. The monoisotopic (exact) mass is 199 g/mol. The molecule has 0 unspecified atom stereocenters. The first-order chi connectivity index (χ1) is 6.34. The fourth-order valence-electron chi connectivity index (χ4n) is 1.15. The van der Waals surface area contributed by atoms with Gasteiger partial charge in [0.1, 0.15) is 0 Å². The fraction of sp³-hybridized carbons (Fsp3) is 0.778. The Kier molecular flexibility index (Phi) is 4.97. The van der Waals surface area contributed by atoms with Crippen LogP contribution in [0.25, 0.3) is 0 Å². The number of rotatable bonds is 3. The molecule has 5 nitrogen and oxygen atoms in total. The average molecular weight is 199 g/mol. The van der Waals surface area contributed by atoms with Crippen LogP contribution in [0.2, 0.25) is 0 Å². The van der Waals surface area contributed by atoms with Gasteiger partial charge in [0.05, 0.1) is 0 Å². The van der Waals surface area contributed by atoms with Gasteiger partial charge in [0, 0.05) is 12.6 Å². The Morgan fingerprint density at radius 2 is 1.79 bits per heavy atom. The first-order valence-electron chi connectivity index (χ1n) is 4.79. The molecule has 0 aliphatic carbocycles. The summed E-state index contributed by atoms with van der Waals surface area (Å²) in [5, 5.41) is 7.03. The quantitative estimate of drug-likeness (QED) is 0.458. The Balaban J connectivity index is 4.57. The molecule has 0 radical (unpaired) electrons. The fourth-order valence-corrected chi connectivity index (χ4v) is 1.15. The van der Waals surface area contributed by atoms with Gasteiger partial charge in [0.2, 0.25) is 5.96 Å². The molecule has 0 spiro atoms. The molecule has 0 bridgehead atoms. The molecule has 0 aromatic rings. The van der Waals surface area contributed by atoms with Crippen LogP contribution < -0.4 is 11.5 Å². The van der Waals surface area contributed by atoms with Gasteiger partial charge in [-0.05, 0) is 19.8 Å². The molecule has 0 fully saturated rings. The van der Waals surface area contributed by atoms with Gasteiger partial charge in [-0.15, -0.1) is 0 Å². The Morgan fingerprint density at radius 3 is 2.07 bits per heavy atom. The summed E-state index contributed by atoms with van der Waals surface area (Å²) in [6, 6.07) is 0.264. The van der Waals surface area contributed by atoms with Crippen molar-refractivity contribution in [2.24, 2.45) is 22.4 Å². The zero-order chi connectivity index (χ0) is 11.3. The van der Waals surface area contributed by atoms with E-state index >= 15 is 0 Å². The van der Waals surface area contributed by atoms with Gasteiger partial charge in [-0.1, -0.05) is 13.8 Å². The van der Waals surface area contributed by atoms with Gasteiger partial charge >= 0.3 is 0 Å². The second-order valence-corrected chi connectivity index (χ2v) is 4.00. The van der Waals surface area contributed by atoms with Crippen molar-refractivity contribution in [3.8, 4) is 0 Å². The normalized spacial score (nSPS) is 12.3. The summed E-state index contributed by atoms with van der Waals surface area (Å²) >= 11 is 0. The highest BCUT2D eigenvalue weighted by Crippen LogP contribution is 2.03. The molecule has 14 heavy (non-hydrogen) atoms. The number of nitrogens with two attached hydrogens (primary N) is 2. The lowest BCUT2D eigenvalue weighted by atomic mass is 10.2. The molecule has 0 saturated carbocycles. The lowest BCUT2D eigenvalue weighted by Crippen LogP contribution is -2.44. The van der Waals surface area contributed by atoms with E-state index in [0.29, 0.717) is 11.9 Å². The third-order valence-electron chi connectivity index (χ3n) is 1.71. The lowest BCUT2D eigenvalue weighted by Gasteiger charge is -2.29. The van der Waals surface area contributed by atoms with Crippen molar-refractivity contribution in [2.45, 2.75) is 33.7 Å². The third-order valence-corrected chi connectivity index (χ3v) is 1.71. The highest BCUT2D eigenvalue weighted by Gasteiger charge is 2.13. The maximum atomic E-state index is 7.03. The van der Waals surface area contributed by atoms with Crippen LogP contribution in [-0.2, 0) is 0 Å². The topological polar surface area (TPSA) is 91.5 Å². The number of guanidine groups is 2. The first-order valence-corrected chi connectivity index (χ1v) is 4.79. The Morgan fingerprint density at radius 1 is 1.29 bits per heavy atom. The summed E-state index contributed by atoms with van der Waals surface area (Å²) in [6.45, 7) is 9.10. The van der Waals surface area contributed by atoms with E-state index in [-0.39, 0.29) is 12.0 Å². The third kappa shape index (κ3) is 4.69. The maximum absolute atomic E-state index is 7.03. The zero-order valence-electron chi connectivity index (χ0n) is 9.41. The molecule has 0 heterocycles. The van der Waals surface area contributed by atoms with Crippen molar-refractivity contribution in [2.75, 3.05) is 6.54 Å². The van der Waals surface area contributed by atoms with E-state index in [9.17, 15) is 0 Å². The van der Waals surface area contributed by atoms with Crippen LogP contribution >= 0.6 is 0 Å². The molecule has 0 aliphatic rings. The van der Waals surface area contributed by atoms with Gasteiger partial charge in [0.25, 0.3) is 0 Å². The van der Waals surface area contributed by atoms with E-state index in [1.807, 2.05) is 18.7 Å². The van der Waals surface area contributed by atoms with Crippen LogP contribution in [0.5, 0.6) is 0 Å². The summed E-state index contributed by atoms with van der Waals surface area (Å²) in [6.07, 6.45) is 0. The van der Waals surface area contributed by atoms with Crippen LogP contribution in [0.3, 0.4) is 0 Å². The van der Waals surface area contributed by atoms with Gasteiger partial charge in [-0.2, -0.15) is 4.99 Å². The molecular weight excluding hydrogens is 178 g/mol. The van der Waals surface area contributed by atoms with Crippen LogP contribution in [0.1, 0.15) is 27.7 Å². The largest absolute Gasteiger partial charge is 0.369 e. The van der Waals surface area contributed by atoms with Gasteiger partial charge < -0.3 is 16.4 Å². The van der Waals surface area contributed by atoms with E-state index in [1.54, 1.807) is 0 Å². The number of hydrogen-bond acceptors (Lipinski definition) is 1. The highest BCUT2D eigenvalue weighted by molar-refractivity contribution is 5.91. The summed E-state index contributed by atoms with van der Waals surface area (Å²) in [4.78, 5) is 5.67. The smallest absolute Gasteiger partial charge is 0.215 e. The molecule has 0 rings (SSSR count). The minimum atomic E-state index is -0.253. The van der Waals surface area contributed by atoms with Gasteiger partial charge in [-0.25, -0.2) is 0 Å². The number of hydrogen-bond donors (Lipinski definition) is 3. The average Bonchev–Trinajstić information content (AvgIpc) is 1.97. The predicted molar refractivity (Wildman–Crippen MR) is 60.2 cm³/mol. The van der Waals surface area contributed by atoms with E-state index < -0.39 is 0 Å². The second-order valence-electron chi connectivity index (χ2n) is 4.00. The second kappa shape index (κ2) is 5.47. The van der Waals surface area contributed by atoms with Crippen molar-refractivity contribution in [1.29, 1.82) is 5.41 Å². The van der Waals surface area contributed by atoms with Crippen LogP contribution in [0.4, 0.5) is 0 Å². The number of aliphatic imine (C=N–C) groups is 1. The molecule has 5 heteroatoms. The molecular formula is C9H21N5. The Hall–Kier alpha value is -1.26. The molecule has 0 aliphatic heterocycles. The standard InChI is InChI=1S/C9H21N5/c1-6(2)5-14(7(3)4)9(12)13-8(10)11/h6-7H,5H2,1-4H3,(H5,10,11,12,13). The van der Waals surface area contributed by atoms with Gasteiger partial charge in [-0.3, -0.25) is 5.41 Å². The molecule has 0 amide bonds. The summed E-state index contributed by atoms with van der Waals surface area (Å²) in [5.41, 5.74) is 10.9. The van der Waals surface area contributed by atoms with E-state index in [4.69, 9.17) is 16.9 Å². The molecule has 5 N–H and O–H groups in total. The minimum Gasteiger partial charge on any atom is -0.369 e. The maximum Gasteiger partial charge on any atom is 0.215 e. The number of nitrogens with zero attached hydrogens (tertiary/aromatic N) is 2. The molecule has 82 valence electrons. The van der Waals surface area contributed by atoms with E-state index in [0.717, 1.165) is 6.54 Å². The van der Waals surface area contributed by atoms with Crippen molar-refractivity contribution in [1.82, 2.24) is 4.90 Å². The summed E-state index contributed by atoms with van der Waals surface area (Å²) in [5.74, 6) is 0.566. The summed E-state index contributed by atoms with van der Waals surface area (Å²) < 4.78 is 0. The van der Waals surface area contributed by atoms with E-state index in [1.165, 1.54) is 0 Å². The summed E-state index contributed by atoms with van der Waals surface area (Å²) in [7, 11) is 0. The predicted octanol–water partition coefficient (Wildman–Crippen LogP) is 0.561. The van der Waals surface area contributed by atoms with Crippen molar-refractivity contribution < 1.29 is 0 Å². The van der Waals surface area contributed by atoms with E-state index in [2.05, 4.69) is 18.8 Å². The minimum absolute atomic E-state index is 0.253.